The minimum atomic E-state index is -0.395. The van der Waals surface area contributed by atoms with E-state index in [-0.39, 0.29) is 12.5 Å². The van der Waals surface area contributed by atoms with Crippen molar-refractivity contribution in [1.82, 2.24) is 14.3 Å². The van der Waals surface area contributed by atoms with Crippen LogP contribution >= 0.6 is 11.3 Å². The summed E-state index contributed by atoms with van der Waals surface area (Å²) in [4.78, 5) is 29.4. The smallest absolute Gasteiger partial charge is 0.325 e. The summed E-state index contributed by atoms with van der Waals surface area (Å²) in [5, 5.41) is 4.10. The van der Waals surface area contributed by atoms with Gasteiger partial charge in [-0.3, -0.25) is 14.3 Å². The lowest BCUT2D eigenvalue weighted by atomic mass is 10.0. The first-order valence-corrected chi connectivity index (χ1v) is 9.41. The highest BCUT2D eigenvalue weighted by molar-refractivity contribution is 7.16. The molecule has 0 saturated heterocycles. The van der Waals surface area contributed by atoms with E-state index in [1.54, 1.807) is 17.8 Å². The van der Waals surface area contributed by atoms with Crippen molar-refractivity contribution in [3.63, 3.8) is 0 Å². The van der Waals surface area contributed by atoms with Gasteiger partial charge in [-0.05, 0) is 30.5 Å². The molecule has 2 aromatic heterocycles. The van der Waals surface area contributed by atoms with E-state index < -0.39 is 5.97 Å². The lowest BCUT2D eigenvalue weighted by Gasteiger charge is -2.06. The van der Waals surface area contributed by atoms with Gasteiger partial charge in [-0.25, -0.2) is 0 Å². The number of carbonyl (C=O) groups is 2. The number of amides is 1. The number of methoxy groups -OCH3 is 1. The van der Waals surface area contributed by atoms with E-state index in [1.165, 1.54) is 28.7 Å². The quantitative estimate of drug-likeness (QED) is 0.646. The lowest BCUT2D eigenvalue weighted by molar-refractivity contribution is -0.141. The minimum Gasteiger partial charge on any atom is -0.468 e. The van der Waals surface area contributed by atoms with Crippen LogP contribution in [-0.2, 0) is 23.1 Å². The maximum atomic E-state index is 12.7. The fourth-order valence-electron chi connectivity index (χ4n) is 2.87. The molecule has 0 spiro atoms. The van der Waals surface area contributed by atoms with Crippen LogP contribution in [0.2, 0.25) is 0 Å². The first-order chi connectivity index (χ1) is 12.8. The fraction of sp³-hybridized carbons (Fsp3) is 0.368. The maximum Gasteiger partial charge on any atom is 0.325 e. The van der Waals surface area contributed by atoms with Crippen molar-refractivity contribution < 1.29 is 14.3 Å². The Balaban J connectivity index is 2.19. The van der Waals surface area contributed by atoms with Crippen LogP contribution < -0.4 is 4.80 Å². The Bertz CT molecular complexity index is 1070. The standard InChI is InChI=1S/C19H22N4O3S/c1-11(2)13-6-7-14-15(8-13)27-19(23(14)10-16(24)26-5)21-18(25)17-12(3)9-20-22(17)4/h6-9,11H,10H2,1-5H3. The maximum absolute atomic E-state index is 12.7. The summed E-state index contributed by atoms with van der Waals surface area (Å²) < 4.78 is 9.01. The van der Waals surface area contributed by atoms with Crippen LogP contribution in [0.3, 0.4) is 0 Å². The third-order valence-corrected chi connectivity index (χ3v) is 5.45. The van der Waals surface area contributed by atoms with E-state index in [9.17, 15) is 9.59 Å². The van der Waals surface area contributed by atoms with Crippen molar-refractivity contribution in [2.75, 3.05) is 7.11 Å². The predicted octanol–water partition coefficient (Wildman–Crippen LogP) is 2.78. The van der Waals surface area contributed by atoms with Crippen LogP contribution in [0.4, 0.5) is 0 Å². The molecule has 3 rings (SSSR count). The minimum absolute atomic E-state index is 0.00594. The second-order valence-electron chi connectivity index (χ2n) is 6.65. The molecule has 0 unspecified atom stereocenters. The van der Waals surface area contributed by atoms with Crippen molar-refractivity contribution >= 4 is 33.4 Å². The topological polar surface area (TPSA) is 78.5 Å². The van der Waals surface area contributed by atoms with Crippen molar-refractivity contribution in [2.45, 2.75) is 33.2 Å². The summed E-state index contributed by atoms with van der Waals surface area (Å²) in [5.41, 5.74) is 3.23. The molecule has 0 aliphatic heterocycles. The van der Waals surface area contributed by atoms with Gasteiger partial charge in [-0.2, -0.15) is 10.1 Å². The van der Waals surface area contributed by atoms with E-state index in [0.717, 1.165) is 15.8 Å². The summed E-state index contributed by atoms with van der Waals surface area (Å²) in [6, 6.07) is 6.07. The average Bonchev–Trinajstić information content (AvgIpc) is 3.13. The van der Waals surface area contributed by atoms with E-state index in [4.69, 9.17) is 4.74 Å². The monoisotopic (exact) mass is 386 g/mol. The highest BCUT2D eigenvalue weighted by Gasteiger charge is 2.16. The summed E-state index contributed by atoms with van der Waals surface area (Å²) >= 11 is 1.38. The van der Waals surface area contributed by atoms with Crippen molar-refractivity contribution in [3.05, 3.63) is 46.0 Å². The highest BCUT2D eigenvalue weighted by Crippen LogP contribution is 2.23. The molecule has 0 atom stereocenters. The van der Waals surface area contributed by atoms with Crippen molar-refractivity contribution in [1.29, 1.82) is 0 Å². The summed E-state index contributed by atoms with van der Waals surface area (Å²) in [6.07, 6.45) is 1.63. The van der Waals surface area contributed by atoms with Crippen molar-refractivity contribution in [2.24, 2.45) is 12.0 Å². The molecule has 3 aromatic rings. The van der Waals surface area contributed by atoms with E-state index in [2.05, 4.69) is 30.0 Å². The molecule has 0 radical (unpaired) electrons. The van der Waals surface area contributed by atoms with Crippen LogP contribution in [-0.4, -0.2) is 33.3 Å². The lowest BCUT2D eigenvalue weighted by Crippen LogP contribution is -2.23. The molecular weight excluding hydrogens is 364 g/mol. The number of fused-ring (bicyclic) bond motifs is 1. The van der Waals surface area contributed by atoms with Gasteiger partial charge in [0.05, 0.1) is 23.5 Å². The molecule has 8 heteroatoms. The molecule has 142 valence electrons. The van der Waals surface area contributed by atoms with Gasteiger partial charge in [0.1, 0.15) is 12.2 Å². The van der Waals surface area contributed by atoms with Crippen LogP contribution in [0, 0.1) is 6.92 Å². The molecule has 27 heavy (non-hydrogen) atoms. The zero-order valence-electron chi connectivity index (χ0n) is 16.0. The van der Waals surface area contributed by atoms with E-state index >= 15 is 0 Å². The number of esters is 1. The number of aryl methyl sites for hydroxylation is 2. The number of benzene rings is 1. The van der Waals surface area contributed by atoms with E-state index in [1.807, 2.05) is 19.1 Å². The molecule has 7 nitrogen and oxygen atoms in total. The third kappa shape index (κ3) is 3.71. The Morgan fingerprint density at radius 3 is 2.67 bits per heavy atom. The summed E-state index contributed by atoms with van der Waals surface area (Å²) in [7, 11) is 3.05. The molecule has 1 amide bonds. The Kier molecular flexibility index (Phi) is 5.27. The number of hydrogen-bond acceptors (Lipinski definition) is 5. The normalized spacial score (nSPS) is 12.1. The van der Waals surface area contributed by atoms with Gasteiger partial charge in [0.15, 0.2) is 4.80 Å². The number of thiazole rings is 1. The Labute approximate surface area is 160 Å². The van der Waals surface area contributed by atoms with Gasteiger partial charge >= 0.3 is 5.97 Å². The molecule has 2 heterocycles. The van der Waals surface area contributed by atoms with Crippen LogP contribution in [0.1, 0.15) is 41.4 Å². The van der Waals surface area contributed by atoms with Crippen LogP contribution in [0.15, 0.2) is 29.4 Å². The van der Waals surface area contributed by atoms with Crippen LogP contribution in [0.5, 0.6) is 0 Å². The van der Waals surface area contributed by atoms with Gasteiger partial charge in [0.2, 0.25) is 0 Å². The Morgan fingerprint density at radius 1 is 1.33 bits per heavy atom. The molecular formula is C19H22N4O3S. The molecule has 0 N–H and O–H groups in total. The van der Waals surface area contributed by atoms with Crippen LogP contribution in [0.25, 0.3) is 10.2 Å². The van der Waals surface area contributed by atoms with Gasteiger partial charge in [0, 0.05) is 12.6 Å². The molecule has 0 aliphatic carbocycles. The molecule has 0 bridgehead atoms. The summed E-state index contributed by atoms with van der Waals surface area (Å²) in [6.45, 7) is 6.06. The Hall–Kier alpha value is -2.74. The first kappa shape index (κ1) is 19.0. The number of rotatable bonds is 4. The van der Waals surface area contributed by atoms with E-state index in [0.29, 0.717) is 16.4 Å². The van der Waals surface area contributed by atoms with Gasteiger partial charge < -0.3 is 9.30 Å². The SMILES string of the molecule is COC(=O)Cn1c(=NC(=O)c2c(C)cnn2C)sc2cc(C(C)C)ccc21. The van der Waals surface area contributed by atoms with Gasteiger partial charge in [0.25, 0.3) is 5.91 Å². The molecule has 1 aromatic carbocycles. The fourth-order valence-corrected chi connectivity index (χ4v) is 3.95. The summed E-state index contributed by atoms with van der Waals surface area (Å²) in [5.74, 6) is -0.403. The Morgan fingerprint density at radius 2 is 2.07 bits per heavy atom. The van der Waals surface area contributed by atoms with Crippen molar-refractivity contribution in [3.8, 4) is 0 Å². The highest BCUT2D eigenvalue weighted by atomic mass is 32.1. The molecule has 0 fully saturated rings. The number of nitrogens with zero attached hydrogens (tertiary/aromatic N) is 4. The zero-order chi connectivity index (χ0) is 19.7. The number of hydrogen-bond donors (Lipinski definition) is 0. The zero-order valence-corrected chi connectivity index (χ0v) is 16.8. The predicted molar refractivity (Wildman–Crippen MR) is 104 cm³/mol. The molecule has 0 aliphatic rings. The van der Waals surface area contributed by atoms with Gasteiger partial charge in [-0.1, -0.05) is 31.3 Å². The van der Waals surface area contributed by atoms with Gasteiger partial charge in [-0.15, -0.1) is 0 Å². The number of aromatic nitrogens is 3. The molecule has 0 saturated carbocycles. The average molecular weight is 386 g/mol. The second-order valence-corrected chi connectivity index (χ2v) is 7.65. The third-order valence-electron chi connectivity index (χ3n) is 4.41. The number of carbonyl (C=O) groups excluding carboxylic acids is 2. The first-order valence-electron chi connectivity index (χ1n) is 8.59. The largest absolute Gasteiger partial charge is 0.468 e. The second kappa shape index (κ2) is 7.48. The number of ether oxygens (including phenoxy) is 1.